The monoisotopic (exact) mass is 520 g/mol. The molecule has 11 nitrogen and oxygen atoms in total. The average Bonchev–Trinajstić information content (AvgIpc) is 3.03. The number of ether oxygens (including phenoxy) is 1. The fourth-order valence-corrected chi connectivity index (χ4v) is 6.17. The van der Waals surface area contributed by atoms with Crippen molar-refractivity contribution in [1.82, 2.24) is 10.2 Å². The number of phosphoric acid groups is 1. The summed E-state index contributed by atoms with van der Waals surface area (Å²) >= 11 is 6.29. The van der Waals surface area contributed by atoms with E-state index in [9.17, 15) is 23.8 Å². The van der Waals surface area contributed by atoms with Crippen molar-refractivity contribution in [2.24, 2.45) is 5.92 Å². The van der Waals surface area contributed by atoms with Crippen LogP contribution in [-0.2, 0) is 29.4 Å². The smallest absolute Gasteiger partial charge is 0.388 e. The zero-order valence-electron chi connectivity index (χ0n) is 18.5. The first-order chi connectivity index (χ1) is 14.8. The van der Waals surface area contributed by atoms with E-state index in [4.69, 9.17) is 26.1 Å². The van der Waals surface area contributed by atoms with Gasteiger partial charge in [-0.3, -0.25) is 18.4 Å². The molecule has 2 heterocycles. The summed E-state index contributed by atoms with van der Waals surface area (Å²) in [6.07, 6.45) is -2.68. The number of carbonyl (C=O) groups is 1. The van der Waals surface area contributed by atoms with E-state index < -0.39 is 65.9 Å². The summed E-state index contributed by atoms with van der Waals surface area (Å²) in [6, 6.07) is -1.37. The van der Waals surface area contributed by atoms with Crippen LogP contribution in [0, 0.1) is 5.92 Å². The van der Waals surface area contributed by atoms with E-state index >= 15 is 0 Å². The summed E-state index contributed by atoms with van der Waals surface area (Å²) in [5.74, 6) is 0.0834. The summed E-state index contributed by atoms with van der Waals surface area (Å²) in [5, 5.41) is 23.2. The van der Waals surface area contributed by atoms with Crippen LogP contribution in [-0.4, -0.2) is 102 Å². The lowest BCUT2D eigenvalue weighted by Gasteiger charge is -2.45. The average molecular weight is 521 g/mol. The second-order valence-electron chi connectivity index (χ2n) is 8.57. The number of nitrogens with one attached hydrogen (secondary N) is 1. The Labute approximate surface area is 195 Å². The van der Waals surface area contributed by atoms with Crippen LogP contribution in [0.5, 0.6) is 0 Å². The van der Waals surface area contributed by atoms with E-state index in [0.717, 1.165) is 19.4 Å². The van der Waals surface area contributed by atoms with E-state index in [1.165, 1.54) is 6.26 Å². The van der Waals surface area contributed by atoms with Crippen LogP contribution in [0.2, 0.25) is 0 Å². The third-order valence-corrected chi connectivity index (χ3v) is 7.78. The van der Waals surface area contributed by atoms with Gasteiger partial charge in [0.05, 0.1) is 28.3 Å². The van der Waals surface area contributed by atoms with Gasteiger partial charge in [0.2, 0.25) is 5.91 Å². The van der Waals surface area contributed by atoms with E-state index in [0.29, 0.717) is 12.3 Å². The van der Waals surface area contributed by atoms with Gasteiger partial charge in [-0.2, -0.15) is 0 Å². The number of likely N-dealkylation sites (N-methyl/N-ethyl adjacent to an activating group) is 1. The third-order valence-electron chi connectivity index (χ3n) is 5.96. The SMILES string of the molecule is CCC[C@@H]1CC(C(=O)N[C@@H]([C@H]2O[C@H](S(C)=O)C(OP(=O)(O)O)C(O)[C@H]2O)[C@H](C)Cl)N(C)C1. The lowest BCUT2D eigenvalue weighted by Crippen LogP contribution is -2.66. The lowest BCUT2D eigenvalue weighted by molar-refractivity contribution is -0.202. The van der Waals surface area contributed by atoms with Gasteiger partial charge in [-0.25, -0.2) is 4.57 Å². The lowest BCUT2D eigenvalue weighted by atomic mass is 9.92. The molecule has 10 atom stereocenters. The second kappa shape index (κ2) is 11.5. The summed E-state index contributed by atoms with van der Waals surface area (Å²) in [6.45, 7) is 4.44. The van der Waals surface area contributed by atoms with Crippen molar-refractivity contribution < 1.29 is 42.8 Å². The zero-order valence-corrected chi connectivity index (χ0v) is 21.0. The molecule has 2 saturated heterocycles. The molecule has 0 aromatic carbocycles. The van der Waals surface area contributed by atoms with Crippen molar-refractivity contribution in [3.05, 3.63) is 0 Å². The number of alkyl halides is 1. The third kappa shape index (κ3) is 6.94. The molecular weight excluding hydrogens is 487 g/mol. The molecule has 5 N–H and O–H groups in total. The van der Waals surface area contributed by atoms with E-state index in [2.05, 4.69) is 16.8 Å². The van der Waals surface area contributed by atoms with Crippen molar-refractivity contribution in [2.75, 3.05) is 19.8 Å². The number of aliphatic hydroxyl groups excluding tert-OH is 2. The van der Waals surface area contributed by atoms with Crippen LogP contribution in [0.4, 0.5) is 0 Å². The van der Waals surface area contributed by atoms with Crippen molar-refractivity contribution in [3.63, 3.8) is 0 Å². The maximum absolute atomic E-state index is 13.0. The van der Waals surface area contributed by atoms with Gasteiger partial charge in [-0.15, -0.1) is 11.6 Å². The van der Waals surface area contributed by atoms with Crippen molar-refractivity contribution in [2.45, 2.75) is 80.4 Å². The fraction of sp³-hybridized carbons (Fsp3) is 0.944. The Morgan fingerprint density at radius 2 is 2.00 bits per heavy atom. The standard InChI is InChI=1S/C18H34ClN2O9PS/c1-5-6-10-7-11(21(3)8-10)17(24)20-12(9(2)19)15-13(22)14(23)16(30-31(25,26)27)18(29-15)32(4)28/h9-16,18,22-23H,5-8H2,1-4H3,(H,20,24)(H2,25,26,27)/t9-,10+,11?,12+,13+,14?,15+,16?,18+,32?/m0/s1. The Kier molecular flexibility index (Phi) is 10.1. The number of hydrogen-bond acceptors (Lipinski definition) is 8. The number of carbonyl (C=O) groups excluding carboxylic acids is 1. The van der Waals surface area contributed by atoms with Crippen LogP contribution >= 0.6 is 19.4 Å². The van der Waals surface area contributed by atoms with Gasteiger partial charge in [0.25, 0.3) is 0 Å². The van der Waals surface area contributed by atoms with Gasteiger partial charge >= 0.3 is 7.82 Å². The molecule has 2 aliphatic rings. The minimum atomic E-state index is -5.08. The molecule has 0 aromatic rings. The van der Waals surface area contributed by atoms with Crippen LogP contribution in [0.15, 0.2) is 0 Å². The molecule has 2 aliphatic heterocycles. The maximum atomic E-state index is 13.0. The summed E-state index contributed by atoms with van der Waals surface area (Å²) in [4.78, 5) is 33.2. The quantitative estimate of drug-likeness (QED) is 0.198. The molecule has 188 valence electrons. The first-order valence-corrected chi connectivity index (χ1v) is 14.1. The topological polar surface area (TPSA) is 166 Å². The Morgan fingerprint density at radius 1 is 1.38 bits per heavy atom. The number of aliphatic hydroxyl groups is 2. The van der Waals surface area contributed by atoms with Crippen LogP contribution < -0.4 is 5.32 Å². The predicted molar refractivity (Wildman–Crippen MR) is 118 cm³/mol. The molecule has 2 rings (SSSR count). The minimum Gasteiger partial charge on any atom is -0.388 e. The van der Waals surface area contributed by atoms with E-state index in [1.54, 1.807) is 6.92 Å². The number of amides is 1. The zero-order chi connectivity index (χ0) is 24.4. The molecule has 0 saturated carbocycles. The molecule has 0 radical (unpaired) electrons. The van der Waals surface area contributed by atoms with Gasteiger partial charge in [0.15, 0.2) is 5.44 Å². The van der Waals surface area contributed by atoms with Gasteiger partial charge in [0, 0.05) is 12.8 Å². The predicted octanol–water partition coefficient (Wildman–Crippen LogP) is -0.478. The molecule has 0 spiro atoms. The van der Waals surface area contributed by atoms with Crippen LogP contribution in [0.1, 0.15) is 33.1 Å². The molecule has 4 unspecified atom stereocenters. The Morgan fingerprint density at radius 3 is 2.50 bits per heavy atom. The summed E-state index contributed by atoms with van der Waals surface area (Å²) in [7, 11) is -5.08. The highest BCUT2D eigenvalue weighted by molar-refractivity contribution is 7.84. The van der Waals surface area contributed by atoms with Gasteiger partial charge < -0.3 is 30.1 Å². The van der Waals surface area contributed by atoms with Crippen LogP contribution in [0.3, 0.4) is 0 Å². The summed E-state index contributed by atoms with van der Waals surface area (Å²) < 4.78 is 33.7. The minimum absolute atomic E-state index is 0.309. The Bertz CT molecular complexity index is 727. The van der Waals surface area contributed by atoms with E-state index in [1.807, 2.05) is 11.9 Å². The van der Waals surface area contributed by atoms with E-state index in [-0.39, 0.29) is 5.91 Å². The highest BCUT2D eigenvalue weighted by atomic mass is 35.5. The van der Waals surface area contributed by atoms with Gasteiger partial charge in [-0.05, 0) is 32.7 Å². The molecule has 2 fully saturated rings. The largest absolute Gasteiger partial charge is 0.470 e. The van der Waals surface area contributed by atoms with Crippen molar-refractivity contribution in [1.29, 1.82) is 0 Å². The number of phosphoric ester groups is 1. The number of halogens is 1. The van der Waals surface area contributed by atoms with Crippen LogP contribution in [0.25, 0.3) is 0 Å². The second-order valence-corrected chi connectivity index (χ2v) is 11.9. The van der Waals surface area contributed by atoms with Gasteiger partial charge in [-0.1, -0.05) is 13.3 Å². The number of nitrogens with zero attached hydrogens (tertiary/aromatic N) is 1. The molecular formula is C18H34ClN2O9PS. The number of likely N-dealkylation sites (tertiary alicyclic amines) is 1. The molecule has 32 heavy (non-hydrogen) atoms. The first-order valence-electron chi connectivity index (χ1n) is 10.5. The highest BCUT2D eigenvalue weighted by Crippen LogP contribution is 2.42. The fourth-order valence-electron chi connectivity index (χ4n) is 4.45. The Hall–Kier alpha value is -0.140. The molecule has 0 aromatic heterocycles. The Balaban J connectivity index is 2.21. The van der Waals surface area contributed by atoms with Gasteiger partial charge in [0.1, 0.15) is 24.4 Å². The molecule has 0 bridgehead atoms. The number of hydrogen-bond donors (Lipinski definition) is 5. The summed E-state index contributed by atoms with van der Waals surface area (Å²) in [5.41, 5.74) is -1.47. The molecule has 1 amide bonds. The van der Waals surface area contributed by atoms with Crippen molar-refractivity contribution in [3.8, 4) is 0 Å². The maximum Gasteiger partial charge on any atom is 0.470 e. The normalized spacial score (nSPS) is 37.1. The van der Waals surface area contributed by atoms with Crippen molar-refractivity contribution >= 4 is 36.1 Å². The number of rotatable bonds is 9. The first kappa shape index (κ1) is 28.1. The molecule has 0 aliphatic carbocycles. The highest BCUT2D eigenvalue weighted by Gasteiger charge is 2.52. The molecule has 14 heteroatoms.